The molecule has 28 heavy (non-hydrogen) atoms. The Bertz CT molecular complexity index is 1080. The number of nitrogens with one attached hydrogen (secondary N) is 1. The Morgan fingerprint density at radius 1 is 1.21 bits per heavy atom. The second-order valence-electron chi connectivity index (χ2n) is 6.66. The number of hydrogen-bond acceptors (Lipinski definition) is 6. The van der Waals surface area contributed by atoms with Crippen molar-refractivity contribution in [3.63, 3.8) is 0 Å². The lowest BCUT2D eigenvalue weighted by atomic mass is 10.0. The molecule has 1 aliphatic heterocycles. The van der Waals surface area contributed by atoms with Gasteiger partial charge < -0.3 is 14.8 Å². The highest BCUT2D eigenvalue weighted by atomic mass is 32.1. The Labute approximate surface area is 167 Å². The molecule has 1 aromatic heterocycles. The van der Waals surface area contributed by atoms with Crippen molar-refractivity contribution >= 4 is 22.6 Å². The van der Waals surface area contributed by atoms with Gasteiger partial charge >= 0.3 is 0 Å². The maximum Gasteiger partial charge on any atom is 0.231 e. The second kappa shape index (κ2) is 7.75. The average molecular weight is 389 g/mol. The number of hydrogen-bond donors (Lipinski definition) is 1. The van der Waals surface area contributed by atoms with Crippen molar-refractivity contribution in [2.24, 2.45) is 0 Å². The molecule has 0 radical (unpaired) electrons. The van der Waals surface area contributed by atoms with Gasteiger partial charge in [0, 0.05) is 22.8 Å². The molecule has 1 N–H and O–H groups in total. The van der Waals surface area contributed by atoms with Crippen LogP contribution in [0.3, 0.4) is 0 Å². The van der Waals surface area contributed by atoms with E-state index in [2.05, 4.69) is 36.3 Å². The highest BCUT2D eigenvalue weighted by molar-refractivity contribution is 7.11. The molecule has 0 fully saturated rings. The monoisotopic (exact) mass is 389 g/mol. The van der Waals surface area contributed by atoms with Crippen molar-refractivity contribution in [1.29, 1.82) is 5.26 Å². The average Bonchev–Trinajstić information content (AvgIpc) is 3.37. The quantitative estimate of drug-likeness (QED) is 0.572. The van der Waals surface area contributed by atoms with Crippen molar-refractivity contribution in [3.8, 4) is 28.8 Å². The van der Waals surface area contributed by atoms with Crippen LogP contribution in [-0.4, -0.2) is 11.8 Å². The molecule has 2 aromatic carbocycles. The summed E-state index contributed by atoms with van der Waals surface area (Å²) in [5.41, 5.74) is 4.44. The van der Waals surface area contributed by atoms with Crippen LogP contribution in [0.2, 0.25) is 0 Å². The Morgan fingerprint density at radius 3 is 2.86 bits per heavy atom. The summed E-state index contributed by atoms with van der Waals surface area (Å²) in [4.78, 5) is 4.64. The second-order valence-corrected chi connectivity index (χ2v) is 7.52. The summed E-state index contributed by atoms with van der Waals surface area (Å²) in [5, 5.41) is 15.5. The molecule has 0 bridgehead atoms. The number of allylic oxidation sites excluding steroid dienone is 1. The molecule has 5 nitrogen and oxygen atoms in total. The Hall–Kier alpha value is -3.30. The van der Waals surface area contributed by atoms with Gasteiger partial charge in [-0.15, -0.1) is 11.3 Å². The van der Waals surface area contributed by atoms with Gasteiger partial charge in [-0.25, -0.2) is 4.98 Å². The first-order valence-electron chi connectivity index (χ1n) is 8.97. The van der Waals surface area contributed by atoms with Gasteiger partial charge in [-0.2, -0.15) is 5.26 Å². The lowest BCUT2D eigenvalue weighted by molar-refractivity contribution is 0.174. The lowest BCUT2D eigenvalue weighted by Gasteiger charge is -2.12. The third-order valence-corrected chi connectivity index (χ3v) is 5.35. The number of para-hydroxylation sites is 1. The maximum absolute atomic E-state index is 9.61. The number of benzene rings is 2. The van der Waals surface area contributed by atoms with E-state index in [1.165, 1.54) is 16.9 Å². The molecule has 4 rings (SSSR count). The molecule has 1 aliphatic rings. The van der Waals surface area contributed by atoms with E-state index >= 15 is 0 Å². The number of fused-ring (bicyclic) bond motifs is 1. The van der Waals surface area contributed by atoms with Gasteiger partial charge in [0.15, 0.2) is 11.5 Å². The standard InChI is InChI=1S/C22H19N3O2S/c1-14(2)17-5-3-4-6-18(17)24-11-16(10-23)22-25-19(12-28-22)15-7-8-20-21(9-15)27-13-26-20/h3-9,11-12,14,24H,13H2,1-2H3/b16-11+. The molecule has 140 valence electrons. The summed E-state index contributed by atoms with van der Waals surface area (Å²) in [6.45, 7) is 4.54. The van der Waals surface area contributed by atoms with Gasteiger partial charge in [0.25, 0.3) is 0 Å². The van der Waals surface area contributed by atoms with Crippen molar-refractivity contribution in [2.45, 2.75) is 19.8 Å². The van der Waals surface area contributed by atoms with E-state index in [0.717, 1.165) is 28.4 Å². The first-order chi connectivity index (χ1) is 13.7. The smallest absolute Gasteiger partial charge is 0.231 e. The fraction of sp³-hybridized carbons (Fsp3) is 0.182. The number of rotatable bonds is 5. The number of aromatic nitrogens is 1. The molecule has 2 heterocycles. The molecule has 0 saturated heterocycles. The van der Waals surface area contributed by atoms with Crippen molar-refractivity contribution in [3.05, 3.63) is 64.6 Å². The zero-order valence-electron chi connectivity index (χ0n) is 15.6. The van der Waals surface area contributed by atoms with Crippen LogP contribution in [-0.2, 0) is 0 Å². The highest BCUT2D eigenvalue weighted by Gasteiger charge is 2.16. The van der Waals surface area contributed by atoms with Gasteiger partial charge in [0.1, 0.15) is 16.6 Å². The largest absolute Gasteiger partial charge is 0.454 e. The molecule has 3 aromatic rings. The van der Waals surface area contributed by atoms with E-state index in [1.54, 1.807) is 6.20 Å². The zero-order valence-corrected chi connectivity index (χ0v) is 16.4. The Kier molecular flexibility index (Phi) is 5.00. The van der Waals surface area contributed by atoms with Crippen LogP contribution in [0.15, 0.2) is 54.0 Å². The van der Waals surface area contributed by atoms with Crippen LogP contribution in [0.4, 0.5) is 5.69 Å². The van der Waals surface area contributed by atoms with Gasteiger partial charge in [0.05, 0.1) is 5.69 Å². The summed E-state index contributed by atoms with van der Waals surface area (Å²) < 4.78 is 10.8. The molecular formula is C22H19N3O2S. The third kappa shape index (κ3) is 3.57. The number of anilines is 1. The van der Waals surface area contributed by atoms with Crippen LogP contribution in [0.1, 0.15) is 30.3 Å². The molecule has 0 atom stereocenters. The van der Waals surface area contributed by atoms with E-state index in [9.17, 15) is 5.26 Å². The fourth-order valence-corrected chi connectivity index (χ4v) is 3.80. The zero-order chi connectivity index (χ0) is 19.5. The van der Waals surface area contributed by atoms with Crippen LogP contribution < -0.4 is 14.8 Å². The van der Waals surface area contributed by atoms with Gasteiger partial charge in [0.2, 0.25) is 6.79 Å². The van der Waals surface area contributed by atoms with Crippen LogP contribution in [0, 0.1) is 11.3 Å². The van der Waals surface area contributed by atoms with Crippen LogP contribution >= 0.6 is 11.3 Å². The third-order valence-electron chi connectivity index (χ3n) is 4.48. The maximum atomic E-state index is 9.61. The minimum absolute atomic E-state index is 0.242. The predicted molar refractivity (Wildman–Crippen MR) is 111 cm³/mol. The minimum Gasteiger partial charge on any atom is -0.454 e. The van der Waals surface area contributed by atoms with E-state index in [-0.39, 0.29) is 6.79 Å². The summed E-state index contributed by atoms with van der Waals surface area (Å²) >= 11 is 1.44. The summed E-state index contributed by atoms with van der Waals surface area (Å²) in [6, 6.07) is 16.1. The van der Waals surface area contributed by atoms with Gasteiger partial charge in [-0.3, -0.25) is 0 Å². The van der Waals surface area contributed by atoms with E-state index in [0.29, 0.717) is 16.5 Å². The summed E-state index contributed by atoms with van der Waals surface area (Å²) in [7, 11) is 0. The first kappa shape index (κ1) is 18.1. The van der Waals surface area contributed by atoms with Crippen LogP contribution in [0.25, 0.3) is 16.8 Å². The van der Waals surface area contributed by atoms with Gasteiger partial charge in [-0.05, 0) is 35.7 Å². The van der Waals surface area contributed by atoms with Crippen molar-refractivity contribution in [2.75, 3.05) is 12.1 Å². The normalized spacial score (nSPS) is 12.9. The fourth-order valence-electron chi connectivity index (χ4n) is 3.01. The number of nitriles is 1. The van der Waals surface area contributed by atoms with E-state index in [4.69, 9.17) is 9.47 Å². The van der Waals surface area contributed by atoms with Crippen molar-refractivity contribution < 1.29 is 9.47 Å². The van der Waals surface area contributed by atoms with Crippen LogP contribution in [0.5, 0.6) is 11.5 Å². The van der Waals surface area contributed by atoms with Crippen molar-refractivity contribution in [1.82, 2.24) is 4.98 Å². The predicted octanol–water partition coefficient (Wildman–Crippen LogP) is 5.64. The molecule has 0 spiro atoms. The summed E-state index contributed by atoms with van der Waals surface area (Å²) in [6.07, 6.45) is 1.73. The van der Waals surface area contributed by atoms with E-state index < -0.39 is 0 Å². The highest BCUT2D eigenvalue weighted by Crippen LogP contribution is 2.36. The molecule has 0 unspecified atom stereocenters. The molecule has 0 saturated carbocycles. The Balaban J connectivity index is 1.58. The molecule has 6 heteroatoms. The van der Waals surface area contributed by atoms with E-state index in [1.807, 2.05) is 41.8 Å². The summed E-state index contributed by atoms with van der Waals surface area (Å²) in [5.74, 6) is 1.85. The SMILES string of the molecule is CC(C)c1ccccc1N/C=C(\C#N)c1nc(-c2ccc3c(c2)OCO3)cs1. The number of ether oxygens (including phenoxy) is 2. The Morgan fingerprint density at radius 2 is 2.04 bits per heavy atom. The first-order valence-corrected chi connectivity index (χ1v) is 9.85. The number of nitrogens with zero attached hydrogens (tertiary/aromatic N) is 2. The number of thiazole rings is 1. The van der Waals surface area contributed by atoms with Gasteiger partial charge in [-0.1, -0.05) is 32.0 Å². The molecule has 0 aliphatic carbocycles. The topological polar surface area (TPSA) is 67.2 Å². The lowest BCUT2D eigenvalue weighted by Crippen LogP contribution is -1.97. The minimum atomic E-state index is 0.242. The molecule has 0 amide bonds. The molecular weight excluding hydrogens is 370 g/mol.